The highest BCUT2D eigenvalue weighted by molar-refractivity contribution is 5.78. The summed E-state index contributed by atoms with van der Waals surface area (Å²) in [5.41, 5.74) is 2.28. The van der Waals surface area contributed by atoms with Gasteiger partial charge in [0.05, 0.1) is 6.42 Å². The minimum absolute atomic E-state index is 0.0255. The van der Waals surface area contributed by atoms with Gasteiger partial charge in [-0.15, -0.1) is 0 Å². The molecule has 1 fully saturated rings. The minimum atomic E-state index is -0.262. The molecule has 170 valence electrons. The van der Waals surface area contributed by atoms with Gasteiger partial charge in [-0.1, -0.05) is 79.8 Å². The number of carbonyl (C=O) groups is 2. The predicted octanol–water partition coefficient (Wildman–Crippen LogP) is 5.40. The third-order valence-corrected chi connectivity index (χ3v) is 4.41. The summed E-state index contributed by atoms with van der Waals surface area (Å²) in [6, 6.07) is 0. The first-order valence-electron chi connectivity index (χ1n) is 11.3. The molecule has 1 saturated heterocycles. The summed E-state index contributed by atoms with van der Waals surface area (Å²) in [6.07, 6.45) is 33.0. The highest BCUT2D eigenvalue weighted by Gasteiger charge is 2.22. The first-order chi connectivity index (χ1) is 15.2. The Kier molecular flexibility index (Phi) is 16.4. The molecule has 0 aliphatic carbocycles. The molecule has 0 saturated carbocycles. The summed E-state index contributed by atoms with van der Waals surface area (Å²) in [7, 11) is 0. The van der Waals surface area contributed by atoms with Crippen LogP contribution in [-0.4, -0.2) is 24.5 Å². The van der Waals surface area contributed by atoms with Crippen LogP contribution in [0.15, 0.2) is 72.9 Å². The molecule has 0 bridgehead atoms. The van der Waals surface area contributed by atoms with Crippen molar-refractivity contribution in [3.05, 3.63) is 72.9 Å². The maximum atomic E-state index is 11.7. The fourth-order valence-corrected chi connectivity index (χ4v) is 2.72. The number of allylic oxidation sites excluding steroid dienone is 12. The number of rotatable bonds is 16. The van der Waals surface area contributed by atoms with Gasteiger partial charge in [0.1, 0.15) is 6.10 Å². The molecule has 1 atom stereocenters. The van der Waals surface area contributed by atoms with Crippen LogP contribution < -0.4 is 10.8 Å². The Morgan fingerprint density at radius 3 is 1.81 bits per heavy atom. The first-order valence-corrected chi connectivity index (χ1v) is 11.3. The zero-order chi connectivity index (χ0) is 22.4. The van der Waals surface area contributed by atoms with Gasteiger partial charge >= 0.3 is 0 Å². The molecule has 5 nitrogen and oxygen atoms in total. The van der Waals surface area contributed by atoms with E-state index in [0.29, 0.717) is 25.8 Å². The lowest BCUT2D eigenvalue weighted by Gasteiger charge is -2.08. The van der Waals surface area contributed by atoms with Crippen LogP contribution in [0.2, 0.25) is 0 Å². The Hall–Kier alpha value is -2.66. The Balaban J connectivity index is 1.94. The van der Waals surface area contributed by atoms with Crippen LogP contribution >= 0.6 is 0 Å². The van der Waals surface area contributed by atoms with Crippen molar-refractivity contribution in [2.24, 2.45) is 0 Å². The summed E-state index contributed by atoms with van der Waals surface area (Å²) < 4.78 is 0. The second-order valence-electron chi connectivity index (χ2n) is 7.23. The van der Waals surface area contributed by atoms with Crippen molar-refractivity contribution in [3.63, 3.8) is 0 Å². The van der Waals surface area contributed by atoms with Crippen LogP contribution in [0.1, 0.15) is 64.7 Å². The van der Waals surface area contributed by atoms with Gasteiger partial charge in [0.2, 0.25) is 11.8 Å². The first kappa shape index (κ1) is 26.4. The van der Waals surface area contributed by atoms with Gasteiger partial charge in [-0.3, -0.25) is 14.4 Å². The molecule has 5 heteroatoms. The van der Waals surface area contributed by atoms with Gasteiger partial charge in [0.25, 0.3) is 0 Å². The van der Waals surface area contributed by atoms with Gasteiger partial charge in [-0.05, 0) is 44.9 Å². The number of hydroxylamine groups is 1. The van der Waals surface area contributed by atoms with Crippen LogP contribution in [0, 0.1) is 0 Å². The molecule has 1 aliphatic heterocycles. The smallest absolute Gasteiger partial charge is 0.246 e. The summed E-state index contributed by atoms with van der Waals surface area (Å²) in [5, 5.41) is 2.78. The molecule has 0 aromatic carbocycles. The topological polar surface area (TPSA) is 67.4 Å². The van der Waals surface area contributed by atoms with Crippen LogP contribution in [0.5, 0.6) is 0 Å². The lowest BCUT2D eigenvalue weighted by molar-refractivity contribution is -0.124. The van der Waals surface area contributed by atoms with Crippen molar-refractivity contribution in [3.8, 4) is 0 Å². The maximum Gasteiger partial charge on any atom is 0.246 e. The number of nitrogens with one attached hydrogen (secondary N) is 2. The van der Waals surface area contributed by atoms with E-state index < -0.39 is 0 Å². The fraction of sp³-hybridized carbons (Fsp3) is 0.462. The van der Waals surface area contributed by atoms with Crippen LogP contribution in [0.4, 0.5) is 0 Å². The molecule has 1 heterocycles. The summed E-state index contributed by atoms with van der Waals surface area (Å²) in [6.45, 7) is 2.51. The highest BCUT2D eigenvalue weighted by atomic mass is 16.7. The Morgan fingerprint density at radius 2 is 1.35 bits per heavy atom. The fourth-order valence-electron chi connectivity index (χ4n) is 2.72. The second-order valence-corrected chi connectivity index (χ2v) is 7.23. The van der Waals surface area contributed by atoms with E-state index in [2.05, 4.69) is 84.6 Å². The third kappa shape index (κ3) is 16.8. The SMILES string of the molecule is CCC=CCC=CCC=CCC=CCC=CCC=CCCC(=O)NCC1CC(=O)NO1. The average Bonchev–Trinajstić information content (AvgIpc) is 3.19. The number of carbonyl (C=O) groups excluding carboxylic acids is 2. The zero-order valence-electron chi connectivity index (χ0n) is 18.8. The molecule has 1 unspecified atom stereocenters. The standard InChI is InChI=1S/C26H38N2O3/c1-2-3-4-5-6-7-8-9-10-11-12-13-14-15-16-17-18-19-20-21-25(29)27-23-24-22-26(30)28-31-24/h3-4,6-7,9-10,12-13,15-16,18-19,24H,2,5,8,11,14,17,20-23H2,1H3,(H,27,29)(H,28,30). The molecule has 1 rings (SSSR count). The maximum absolute atomic E-state index is 11.7. The van der Waals surface area contributed by atoms with Crippen molar-refractivity contribution in [2.75, 3.05) is 6.54 Å². The molecule has 0 radical (unpaired) electrons. The van der Waals surface area contributed by atoms with E-state index in [9.17, 15) is 9.59 Å². The van der Waals surface area contributed by atoms with E-state index in [1.54, 1.807) is 0 Å². The number of hydrogen-bond acceptors (Lipinski definition) is 3. The predicted molar refractivity (Wildman–Crippen MR) is 128 cm³/mol. The molecule has 0 aromatic heterocycles. The van der Waals surface area contributed by atoms with Crippen LogP contribution in [-0.2, 0) is 14.4 Å². The largest absolute Gasteiger partial charge is 0.353 e. The van der Waals surface area contributed by atoms with E-state index in [-0.39, 0.29) is 17.9 Å². The van der Waals surface area contributed by atoms with Gasteiger partial charge in [-0.2, -0.15) is 0 Å². The zero-order valence-corrected chi connectivity index (χ0v) is 18.8. The molecular formula is C26H38N2O3. The van der Waals surface area contributed by atoms with Crippen LogP contribution in [0.25, 0.3) is 0 Å². The molecule has 0 spiro atoms. The van der Waals surface area contributed by atoms with Crippen LogP contribution in [0.3, 0.4) is 0 Å². The van der Waals surface area contributed by atoms with Crippen molar-refractivity contribution < 1.29 is 14.4 Å². The minimum Gasteiger partial charge on any atom is -0.353 e. The second kappa shape index (κ2) is 19.3. The van der Waals surface area contributed by atoms with Crippen molar-refractivity contribution in [2.45, 2.75) is 70.8 Å². The van der Waals surface area contributed by atoms with Gasteiger partial charge < -0.3 is 5.32 Å². The molecule has 2 N–H and O–H groups in total. The molecule has 1 aliphatic rings. The molecule has 2 amide bonds. The monoisotopic (exact) mass is 426 g/mol. The third-order valence-electron chi connectivity index (χ3n) is 4.41. The lowest BCUT2D eigenvalue weighted by atomic mass is 10.2. The Morgan fingerprint density at radius 1 is 0.871 bits per heavy atom. The molecular weight excluding hydrogens is 388 g/mol. The van der Waals surface area contributed by atoms with Crippen molar-refractivity contribution in [1.82, 2.24) is 10.8 Å². The van der Waals surface area contributed by atoms with E-state index in [0.717, 1.165) is 38.5 Å². The summed E-state index contributed by atoms with van der Waals surface area (Å²) in [5.74, 6) is -0.167. The summed E-state index contributed by atoms with van der Waals surface area (Å²) >= 11 is 0. The number of hydrogen-bond donors (Lipinski definition) is 2. The Labute approximate surface area is 187 Å². The van der Waals surface area contributed by atoms with Gasteiger partial charge in [-0.25, -0.2) is 5.48 Å². The van der Waals surface area contributed by atoms with E-state index >= 15 is 0 Å². The Bertz CT molecular complexity index is 672. The van der Waals surface area contributed by atoms with E-state index in [1.807, 2.05) is 6.08 Å². The highest BCUT2D eigenvalue weighted by Crippen LogP contribution is 2.03. The quantitative estimate of drug-likeness (QED) is 0.325. The van der Waals surface area contributed by atoms with Crippen molar-refractivity contribution in [1.29, 1.82) is 0 Å². The normalized spacial score (nSPS) is 17.5. The van der Waals surface area contributed by atoms with Gasteiger partial charge in [0.15, 0.2) is 0 Å². The van der Waals surface area contributed by atoms with Gasteiger partial charge in [0, 0.05) is 13.0 Å². The molecule has 31 heavy (non-hydrogen) atoms. The average molecular weight is 427 g/mol. The van der Waals surface area contributed by atoms with E-state index in [1.165, 1.54) is 0 Å². The lowest BCUT2D eigenvalue weighted by Crippen LogP contribution is -2.32. The number of amides is 2. The summed E-state index contributed by atoms with van der Waals surface area (Å²) in [4.78, 5) is 27.7. The van der Waals surface area contributed by atoms with Crippen molar-refractivity contribution >= 4 is 11.8 Å². The van der Waals surface area contributed by atoms with E-state index in [4.69, 9.17) is 4.84 Å². The molecule has 0 aromatic rings.